The minimum absolute atomic E-state index is 0.0445. The van der Waals surface area contributed by atoms with Crippen molar-refractivity contribution >= 4 is 29.3 Å². The third kappa shape index (κ3) is 4.54. The summed E-state index contributed by atoms with van der Waals surface area (Å²) >= 11 is 1.47. The van der Waals surface area contributed by atoms with Crippen LogP contribution in [0.4, 0.5) is 5.69 Å². The van der Waals surface area contributed by atoms with Crippen molar-refractivity contribution in [3.63, 3.8) is 0 Å². The number of ether oxygens (including phenoxy) is 1. The molecule has 0 aliphatic carbocycles. The van der Waals surface area contributed by atoms with Crippen molar-refractivity contribution in [3.05, 3.63) is 53.1 Å². The van der Waals surface area contributed by atoms with Gasteiger partial charge in [0.2, 0.25) is 5.91 Å². The number of anilines is 1. The fourth-order valence-corrected chi connectivity index (χ4v) is 3.46. The average molecular weight is 356 g/mol. The molecule has 0 fully saturated rings. The number of benzene rings is 2. The van der Waals surface area contributed by atoms with Gasteiger partial charge in [-0.05, 0) is 55.3 Å². The Balaban J connectivity index is 1.52. The summed E-state index contributed by atoms with van der Waals surface area (Å²) in [4.78, 5) is 24.7. The third-order valence-corrected chi connectivity index (χ3v) is 4.80. The van der Waals surface area contributed by atoms with Crippen LogP contribution in [0.15, 0.2) is 41.3 Å². The van der Waals surface area contributed by atoms with Gasteiger partial charge in [-0.25, -0.2) is 0 Å². The second-order valence-electron chi connectivity index (χ2n) is 5.98. The zero-order valence-electron chi connectivity index (χ0n) is 14.2. The van der Waals surface area contributed by atoms with E-state index in [-0.39, 0.29) is 11.8 Å². The summed E-state index contributed by atoms with van der Waals surface area (Å²) in [6.07, 6.45) is 0. The lowest BCUT2D eigenvalue weighted by Gasteiger charge is -2.17. The van der Waals surface area contributed by atoms with Crippen LogP contribution in [0.25, 0.3) is 0 Å². The summed E-state index contributed by atoms with van der Waals surface area (Å²) in [5, 5.41) is 5.62. The summed E-state index contributed by atoms with van der Waals surface area (Å²) in [5.74, 6) is 0.989. The van der Waals surface area contributed by atoms with Gasteiger partial charge in [0.05, 0.1) is 18.0 Å². The lowest BCUT2D eigenvalue weighted by molar-refractivity contribution is -0.113. The molecule has 2 amide bonds. The van der Waals surface area contributed by atoms with Crippen LogP contribution in [0.5, 0.6) is 5.75 Å². The molecule has 0 bridgehead atoms. The van der Waals surface area contributed by atoms with E-state index in [1.807, 2.05) is 32.0 Å². The van der Waals surface area contributed by atoms with Gasteiger partial charge in [-0.3, -0.25) is 9.59 Å². The summed E-state index contributed by atoms with van der Waals surface area (Å²) < 4.78 is 5.68. The van der Waals surface area contributed by atoms with Gasteiger partial charge in [0.1, 0.15) is 12.4 Å². The lowest BCUT2D eigenvalue weighted by Crippen LogP contribution is -2.28. The molecule has 0 saturated carbocycles. The van der Waals surface area contributed by atoms with E-state index in [1.54, 1.807) is 12.1 Å². The number of aryl methyl sites for hydroxylation is 2. The first-order valence-electron chi connectivity index (χ1n) is 8.07. The number of fused-ring (bicyclic) bond motifs is 1. The van der Waals surface area contributed by atoms with E-state index < -0.39 is 0 Å². The SMILES string of the molecule is Cc1cc(C)cc(OCCNC(=O)c2ccc3c(c2)NC(=O)CS3)c1. The zero-order chi connectivity index (χ0) is 17.8. The number of rotatable bonds is 5. The number of amides is 2. The topological polar surface area (TPSA) is 67.4 Å². The van der Waals surface area contributed by atoms with Crippen molar-refractivity contribution in [2.75, 3.05) is 24.2 Å². The highest BCUT2D eigenvalue weighted by Gasteiger charge is 2.17. The molecule has 130 valence electrons. The molecule has 0 saturated heterocycles. The highest BCUT2D eigenvalue weighted by molar-refractivity contribution is 8.00. The van der Waals surface area contributed by atoms with Crippen LogP contribution < -0.4 is 15.4 Å². The van der Waals surface area contributed by atoms with Crippen molar-refractivity contribution in [1.82, 2.24) is 5.32 Å². The molecule has 0 radical (unpaired) electrons. The largest absolute Gasteiger partial charge is 0.492 e. The second kappa shape index (κ2) is 7.61. The van der Waals surface area contributed by atoms with Crippen molar-refractivity contribution in [2.24, 2.45) is 0 Å². The summed E-state index contributed by atoms with van der Waals surface area (Å²) in [6.45, 7) is 4.85. The fraction of sp³-hybridized carbons (Fsp3) is 0.263. The highest BCUT2D eigenvalue weighted by Crippen LogP contribution is 2.31. The first-order chi connectivity index (χ1) is 12.0. The van der Waals surface area contributed by atoms with Crippen LogP contribution in [0.3, 0.4) is 0 Å². The minimum Gasteiger partial charge on any atom is -0.492 e. The van der Waals surface area contributed by atoms with E-state index in [2.05, 4.69) is 16.7 Å². The second-order valence-corrected chi connectivity index (χ2v) is 6.99. The Morgan fingerprint density at radius 2 is 1.96 bits per heavy atom. The molecule has 1 aliphatic heterocycles. The fourth-order valence-electron chi connectivity index (χ4n) is 2.68. The van der Waals surface area contributed by atoms with Gasteiger partial charge in [-0.2, -0.15) is 0 Å². The Hall–Kier alpha value is -2.47. The Labute approximate surface area is 151 Å². The van der Waals surface area contributed by atoms with Gasteiger partial charge in [-0.15, -0.1) is 11.8 Å². The molecule has 0 aromatic heterocycles. The van der Waals surface area contributed by atoms with Gasteiger partial charge >= 0.3 is 0 Å². The van der Waals surface area contributed by atoms with Crippen molar-refractivity contribution in [1.29, 1.82) is 0 Å². The molecule has 5 nitrogen and oxygen atoms in total. The molecular weight excluding hydrogens is 336 g/mol. The lowest BCUT2D eigenvalue weighted by atomic mass is 10.1. The van der Waals surface area contributed by atoms with Crippen LogP contribution in [0.2, 0.25) is 0 Å². The van der Waals surface area contributed by atoms with E-state index in [0.717, 1.165) is 21.8 Å². The number of thioether (sulfide) groups is 1. The molecule has 0 atom stereocenters. The minimum atomic E-state index is -0.184. The average Bonchev–Trinajstić information content (AvgIpc) is 2.57. The maximum Gasteiger partial charge on any atom is 0.251 e. The van der Waals surface area contributed by atoms with Gasteiger partial charge in [0.25, 0.3) is 5.91 Å². The van der Waals surface area contributed by atoms with E-state index in [1.165, 1.54) is 11.8 Å². The van der Waals surface area contributed by atoms with Crippen LogP contribution in [0.1, 0.15) is 21.5 Å². The first kappa shape index (κ1) is 17.4. The molecule has 1 heterocycles. The maximum atomic E-state index is 12.2. The van der Waals surface area contributed by atoms with Gasteiger partial charge in [0, 0.05) is 10.5 Å². The number of carbonyl (C=O) groups excluding carboxylic acids is 2. The summed E-state index contributed by atoms with van der Waals surface area (Å²) in [5.41, 5.74) is 3.51. The van der Waals surface area contributed by atoms with Gasteiger partial charge in [0.15, 0.2) is 0 Å². The van der Waals surface area contributed by atoms with Gasteiger partial charge in [-0.1, -0.05) is 6.07 Å². The van der Waals surface area contributed by atoms with Crippen molar-refractivity contribution in [2.45, 2.75) is 18.7 Å². The van der Waals surface area contributed by atoms with Crippen molar-refractivity contribution in [3.8, 4) is 5.75 Å². The predicted molar refractivity (Wildman–Crippen MR) is 99.5 cm³/mol. The molecule has 25 heavy (non-hydrogen) atoms. The predicted octanol–water partition coefficient (Wildman–Crippen LogP) is 3.16. The molecule has 2 N–H and O–H groups in total. The molecule has 6 heteroatoms. The van der Waals surface area contributed by atoms with Crippen LogP contribution in [-0.2, 0) is 4.79 Å². The molecule has 2 aromatic rings. The van der Waals surface area contributed by atoms with E-state index in [0.29, 0.717) is 30.2 Å². The van der Waals surface area contributed by atoms with Crippen LogP contribution in [-0.4, -0.2) is 30.7 Å². The molecule has 0 unspecified atom stereocenters. The quantitative estimate of drug-likeness (QED) is 0.808. The molecule has 2 aromatic carbocycles. The smallest absolute Gasteiger partial charge is 0.251 e. The number of hydrogen-bond donors (Lipinski definition) is 2. The van der Waals surface area contributed by atoms with Crippen molar-refractivity contribution < 1.29 is 14.3 Å². The van der Waals surface area contributed by atoms with E-state index >= 15 is 0 Å². The molecule has 0 spiro atoms. The Kier molecular flexibility index (Phi) is 5.28. The highest BCUT2D eigenvalue weighted by atomic mass is 32.2. The third-order valence-electron chi connectivity index (χ3n) is 3.73. The van der Waals surface area contributed by atoms with E-state index in [4.69, 9.17) is 4.74 Å². The normalized spacial score (nSPS) is 13.0. The summed E-state index contributed by atoms with van der Waals surface area (Å²) in [6, 6.07) is 11.4. The molecular formula is C19H20N2O3S. The van der Waals surface area contributed by atoms with Crippen LogP contribution >= 0.6 is 11.8 Å². The van der Waals surface area contributed by atoms with Crippen LogP contribution in [0, 0.1) is 13.8 Å². The number of hydrogen-bond acceptors (Lipinski definition) is 4. The maximum absolute atomic E-state index is 12.2. The van der Waals surface area contributed by atoms with E-state index in [9.17, 15) is 9.59 Å². The molecule has 1 aliphatic rings. The monoisotopic (exact) mass is 356 g/mol. The number of nitrogens with one attached hydrogen (secondary N) is 2. The standard InChI is InChI=1S/C19H20N2O3S/c1-12-7-13(2)9-15(8-12)24-6-5-20-19(23)14-3-4-17-16(10-14)21-18(22)11-25-17/h3-4,7-10H,5-6,11H2,1-2H3,(H,20,23)(H,21,22). The molecule has 3 rings (SSSR count). The summed E-state index contributed by atoms with van der Waals surface area (Å²) in [7, 11) is 0. The van der Waals surface area contributed by atoms with Gasteiger partial charge < -0.3 is 15.4 Å². The first-order valence-corrected chi connectivity index (χ1v) is 9.06. The Morgan fingerprint density at radius 3 is 2.72 bits per heavy atom. The number of carbonyl (C=O) groups is 2. The Morgan fingerprint density at radius 1 is 1.20 bits per heavy atom. The Bertz CT molecular complexity index is 800. The zero-order valence-corrected chi connectivity index (χ0v) is 15.0.